The summed E-state index contributed by atoms with van der Waals surface area (Å²) in [6, 6.07) is 6.11. The van der Waals surface area contributed by atoms with E-state index in [1.165, 1.54) is 13.3 Å². The van der Waals surface area contributed by atoms with Crippen molar-refractivity contribution in [3.63, 3.8) is 0 Å². The first-order valence-electron chi connectivity index (χ1n) is 13.4. The van der Waals surface area contributed by atoms with Crippen molar-refractivity contribution in [1.29, 1.82) is 0 Å². The Morgan fingerprint density at radius 1 is 1.11 bits per heavy atom. The van der Waals surface area contributed by atoms with Crippen LogP contribution in [0.5, 0.6) is 5.75 Å². The quantitative estimate of drug-likeness (QED) is 0.122. The van der Waals surface area contributed by atoms with Gasteiger partial charge in [-0.2, -0.15) is 26.3 Å². The highest BCUT2D eigenvalue weighted by atomic mass is 35.5. The summed E-state index contributed by atoms with van der Waals surface area (Å²) in [6.45, 7) is 0.512. The van der Waals surface area contributed by atoms with Gasteiger partial charge in [0.05, 0.1) is 40.7 Å². The molecule has 1 unspecified atom stereocenters. The number of hydrogen-bond donors (Lipinski definition) is 2. The average molecular weight is 646 g/mol. The zero-order valence-electron chi connectivity index (χ0n) is 23.3. The van der Waals surface area contributed by atoms with E-state index in [1.807, 2.05) is 0 Å². The van der Waals surface area contributed by atoms with Crippen molar-refractivity contribution in [2.75, 3.05) is 26.7 Å². The number of alkyl halides is 7. The summed E-state index contributed by atoms with van der Waals surface area (Å²) in [5.41, 5.74) is -2.12. The Morgan fingerprint density at radius 3 is 2.32 bits per heavy atom. The Morgan fingerprint density at radius 2 is 1.75 bits per heavy atom. The average Bonchev–Trinajstić information content (AvgIpc) is 2.98. The molecule has 1 aliphatic heterocycles. The second kappa shape index (κ2) is 13.2. The first kappa shape index (κ1) is 33.3. The largest absolute Gasteiger partial charge is 0.497 e. The molecule has 3 aromatic rings. The van der Waals surface area contributed by atoms with Gasteiger partial charge in [-0.1, -0.05) is 23.4 Å². The number of nitrogens with zero attached hydrogens (tertiary/aromatic N) is 2. The number of pyridine rings is 1. The third kappa shape index (κ3) is 7.54. The molecule has 236 valence electrons. The molecule has 0 aliphatic carbocycles. The molecule has 0 bridgehead atoms. The van der Waals surface area contributed by atoms with Gasteiger partial charge >= 0.3 is 12.4 Å². The number of amides is 1. The van der Waals surface area contributed by atoms with Gasteiger partial charge in [0.25, 0.3) is 0 Å². The van der Waals surface area contributed by atoms with Gasteiger partial charge in [0.15, 0.2) is 0 Å². The van der Waals surface area contributed by atoms with Crippen molar-refractivity contribution in [2.45, 2.75) is 44.2 Å². The fourth-order valence-electron chi connectivity index (χ4n) is 5.29. The van der Waals surface area contributed by atoms with E-state index < -0.39 is 46.5 Å². The van der Waals surface area contributed by atoms with Gasteiger partial charge in [0.1, 0.15) is 11.9 Å². The first-order chi connectivity index (χ1) is 20.7. The van der Waals surface area contributed by atoms with Gasteiger partial charge in [-0.15, -0.1) is 0 Å². The molecule has 2 N–H and O–H groups in total. The summed E-state index contributed by atoms with van der Waals surface area (Å²) in [4.78, 5) is 18.7. The van der Waals surface area contributed by atoms with Gasteiger partial charge in [0.2, 0.25) is 5.91 Å². The zero-order chi connectivity index (χ0) is 32.3. The molecule has 14 heteroatoms. The Balaban J connectivity index is 1.46. The Bertz CT molecular complexity index is 1540. The molecule has 1 fully saturated rings. The number of ether oxygens (including phenoxy) is 1. The summed E-state index contributed by atoms with van der Waals surface area (Å²) in [5, 5.41) is 10.0. The van der Waals surface area contributed by atoms with E-state index >= 15 is 4.39 Å². The maximum Gasteiger partial charge on any atom is 0.416 e. The molecule has 0 radical (unpaired) electrons. The number of likely N-dealkylation sites (tertiary alicyclic amines) is 1. The smallest absolute Gasteiger partial charge is 0.416 e. The van der Waals surface area contributed by atoms with Gasteiger partial charge in [0, 0.05) is 35.8 Å². The monoisotopic (exact) mass is 645 g/mol. The molecule has 1 aliphatic rings. The lowest BCUT2D eigenvalue weighted by atomic mass is 9.73. The maximum absolute atomic E-state index is 15.7. The number of carbonyl (C=O) groups excluding carboxylic acids is 1. The van der Waals surface area contributed by atoms with Crippen LogP contribution in [0, 0.1) is 17.3 Å². The molecular weight excluding hydrogens is 619 g/mol. The van der Waals surface area contributed by atoms with E-state index in [0.717, 1.165) is 0 Å². The molecule has 1 aromatic heterocycles. The van der Waals surface area contributed by atoms with Crippen LogP contribution in [0.2, 0.25) is 5.02 Å². The van der Waals surface area contributed by atoms with E-state index in [2.05, 4.69) is 16.8 Å². The number of methoxy groups -OCH3 is 1. The van der Waals surface area contributed by atoms with E-state index in [9.17, 15) is 36.3 Å². The van der Waals surface area contributed by atoms with Crippen LogP contribution in [0.3, 0.4) is 0 Å². The Kier molecular flexibility index (Phi) is 9.97. The summed E-state index contributed by atoms with van der Waals surface area (Å²) in [7, 11) is 1.47. The number of aromatic nitrogens is 1. The number of nitrogens with one attached hydrogen (secondary N) is 1. The second-order valence-electron chi connectivity index (χ2n) is 10.5. The number of halogens is 8. The van der Waals surface area contributed by atoms with Crippen LogP contribution in [0.1, 0.15) is 54.1 Å². The third-order valence-electron chi connectivity index (χ3n) is 7.78. The van der Waals surface area contributed by atoms with Crippen molar-refractivity contribution in [3.05, 3.63) is 69.9 Å². The number of carbonyl (C=O) groups is 1. The predicted molar refractivity (Wildman–Crippen MR) is 148 cm³/mol. The lowest BCUT2D eigenvalue weighted by Crippen LogP contribution is -2.48. The van der Waals surface area contributed by atoms with Crippen molar-refractivity contribution in [1.82, 2.24) is 15.4 Å². The summed E-state index contributed by atoms with van der Waals surface area (Å²) >= 11 is 6.32. The molecule has 0 saturated carbocycles. The molecule has 1 saturated heterocycles. The normalized spacial score (nSPS) is 16.2. The van der Waals surface area contributed by atoms with Crippen molar-refractivity contribution < 1.29 is 45.5 Å². The SMILES string of the molecule is COc1ccc2ncc(Cl)c(C(F)CCC3(C(=O)NO)CCN(CC#Cc4cc(C(F)(F)F)cc(C(F)(F)F)c4)CC3)c2c1. The van der Waals surface area contributed by atoms with Crippen LogP contribution in [0.25, 0.3) is 10.9 Å². The van der Waals surface area contributed by atoms with E-state index in [0.29, 0.717) is 28.8 Å². The van der Waals surface area contributed by atoms with Crippen LogP contribution in [0.4, 0.5) is 30.7 Å². The predicted octanol–water partition coefficient (Wildman–Crippen LogP) is 7.36. The minimum absolute atomic E-state index is 0.000598. The molecule has 2 aromatic carbocycles. The van der Waals surface area contributed by atoms with Crippen molar-refractivity contribution in [2.24, 2.45) is 5.41 Å². The molecule has 0 spiro atoms. The van der Waals surface area contributed by atoms with Crippen molar-refractivity contribution in [3.8, 4) is 17.6 Å². The van der Waals surface area contributed by atoms with Gasteiger partial charge < -0.3 is 4.74 Å². The van der Waals surface area contributed by atoms with Crippen LogP contribution in [-0.2, 0) is 17.1 Å². The highest BCUT2D eigenvalue weighted by molar-refractivity contribution is 6.32. The number of benzene rings is 2. The fraction of sp³-hybridized carbons (Fsp3) is 0.400. The number of hydroxylamine groups is 1. The van der Waals surface area contributed by atoms with E-state index in [4.69, 9.17) is 16.3 Å². The van der Waals surface area contributed by atoms with Crippen LogP contribution >= 0.6 is 11.6 Å². The number of rotatable bonds is 7. The molecule has 44 heavy (non-hydrogen) atoms. The molecular formula is C30H27ClF7N3O3. The second-order valence-corrected chi connectivity index (χ2v) is 10.9. The summed E-state index contributed by atoms with van der Waals surface area (Å²) in [6.07, 6.45) is -9.89. The topological polar surface area (TPSA) is 74.7 Å². The molecule has 1 amide bonds. The molecule has 4 rings (SSSR count). The minimum atomic E-state index is -4.98. The minimum Gasteiger partial charge on any atom is -0.497 e. The molecule has 1 atom stereocenters. The lowest BCUT2D eigenvalue weighted by molar-refractivity contribution is -0.144. The van der Waals surface area contributed by atoms with Crippen LogP contribution in [-0.4, -0.2) is 47.7 Å². The fourth-order valence-corrected chi connectivity index (χ4v) is 5.56. The van der Waals surface area contributed by atoms with Gasteiger partial charge in [-0.3, -0.25) is 19.9 Å². The lowest BCUT2D eigenvalue weighted by Gasteiger charge is -2.40. The van der Waals surface area contributed by atoms with Crippen molar-refractivity contribution >= 4 is 28.4 Å². The van der Waals surface area contributed by atoms with Crippen LogP contribution in [0.15, 0.2) is 42.6 Å². The summed E-state index contributed by atoms with van der Waals surface area (Å²) < 4.78 is 99.8. The highest BCUT2D eigenvalue weighted by Gasteiger charge is 2.42. The highest BCUT2D eigenvalue weighted by Crippen LogP contribution is 2.42. The zero-order valence-corrected chi connectivity index (χ0v) is 24.0. The Hall–Kier alpha value is -3.60. The molecule has 6 nitrogen and oxygen atoms in total. The third-order valence-corrected chi connectivity index (χ3v) is 8.08. The number of hydrogen-bond acceptors (Lipinski definition) is 5. The van der Waals surface area contributed by atoms with Gasteiger partial charge in [-0.05, 0) is 62.1 Å². The first-order valence-corrected chi connectivity index (χ1v) is 13.8. The van der Waals surface area contributed by atoms with E-state index in [1.54, 1.807) is 28.6 Å². The van der Waals surface area contributed by atoms with E-state index in [-0.39, 0.29) is 62.0 Å². The molecule has 2 heterocycles. The number of fused-ring (bicyclic) bond motifs is 1. The Labute approximate surface area is 253 Å². The number of piperidine rings is 1. The summed E-state index contributed by atoms with van der Waals surface area (Å²) in [5.74, 6) is 4.77. The standard InChI is InChI=1S/C30H27ClF7N3O3/c1-44-21-4-5-25-22(16-21)26(23(31)17-39-25)24(32)6-7-28(27(42)40-43)8-11-41(12-9-28)10-2-3-18-13-19(29(33,34)35)15-20(14-18)30(36,37)38/h4-5,13-17,24,43H,6-12H2,1H3,(H,40,42). The van der Waals surface area contributed by atoms with Gasteiger partial charge in [-0.25, -0.2) is 9.87 Å². The van der Waals surface area contributed by atoms with Crippen LogP contribution < -0.4 is 10.2 Å². The maximum atomic E-state index is 15.7.